The van der Waals surface area contributed by atoms with Gasteiger partial charge in [0.05, 0.1) is 12.3 Å². The van der Waals surface area contributed by atoms with E-state index in [0.29, 0.717) is 62.5 Å². The number of amides is 1. The Morgan fingerprint density at radius 2 is 2.03 bits per heavy atom. The third kappa shape index (κ3) is 8.09. The van der Waals surface area contributed by atoms with Crippen LogP contribution < -0.4 is 15.8 Å². The molecule has 1 aromatic carbocycles. The summed E-state index contributed by atoms with van der Waals surface area (Å²) in [5, 5.41) is 3.28. The molecular weight excluding hydrogens is 500 g/mol. The molecule has 4 N–H and O–H groups in total. The molecule has 0 aliphatic carbocycles. The number of fused-ring (bicyclic) bond motifs is 1. The van der Waals surface area contributed by atoms with Gasteiger partial charge < -0.3 is 20.7 Å². The maximum absolute atomic E-state index is 13.5. The molecule has 0 spiro atoms. The first kappa shape index (κ1) is 28.7. The van der Waals surface area contributed by atoms with Crippen LogP contribution in [-0.4, -0.2) is 75.5 Å². The van der Waals surface area contributed by atoms with Crippen molar-refractivity contribution in [3.05, 3.63) is 23.8 Å². The van der Waals surface area contributed by atoms with Crippen LogP contribution in [-0.2, 0) is 30.8 Å². The van der Waals surface area contributed by atoms with Gasteiger partial charge in [-0.05, 0) is 61.3 Å². The highest BCUT2D eigenvalue weighted by molar-refractivity contribution is 7.99. The summed E-state index contributed by atoms with van der Waals surface area (Å²) in [7, 11) is -3.92. The van der Waals surface area contributed by atoms with Crippen molar-refractivity contribution in [2.75, 3.05) is 49.6 Å². The molecule has 0 saturated carbocycles. The number of anilines is 1. The number of likely N-dealkylation sites (tertiary alicyclic amines) is 1. The molecule has 1 amide bonds. The molecule has 2 aliphatic heterocycles. The Labute approximate surface area is 219 Å². The number of piperidine rings is 1. The number of thioether (sulfide) groups is 1. The lowest BCUT2D eigenvalue weighted by molar-refractivity contribution is -0.141. The number of esters is 1. The third-order valence-electron chi connectivity index (χ3n) is 6.76. The smallest absolute Gasteiger partial charge is 0.302 e. The molecule has 0 bridgehead atoms. The number of sulfonamides is 1. The highest BCUT2D eigenvalue weighted by atomic mass is 32.2. The maximum Gasteiger partial charge on any atom is 0.302 e. The van der Waals surface area contributed by atoms with E-state index < -0.39 is 16.1 Å². The fraction of sp³-hybridized carbons (Fsp3) is 0.680. The van der Waals surface area contributed by atoms with Crippen molar-refractivity contribution >= 4 is 39.3 Å². The fourth-order valence-electron chi connectivity index (χ4n) is 4.80. The van der Waals surface area contributed by atoms with Crippen molar-refractivity contribution in [1.82, 2.24) is 9.62 Å². The van der Waals surface area contributed by atoms with E-state index >= 15 is 0 Å². The molecule has 2 atom stereocenters. The minimum atomic E-state index is -3.92. The van der Waals surface area contributed by atoms with Crippen molar-refractivity contribution in [3.8, 4) is 0 Å². The van der Waals surface area contributed by atoms with E-state index in [9.17, 15) is 18.0 Å². The van der Waals surface area contributed by atoms with E-state index in [-0.39, 0.29) is 16.8 Å². The molecule has 2 heterocycles. The van der Waals surface area contributed by atoms with Gasteiger partial charge in [0, 0.05) is 38.9 Å². The second-order valence-corrected chi connectivity index (χ2v) is 12.6. The quantitative estimate of drug-likeness (QED) is 0.272. The number of carbonyl (C=O) groups excluding carboxylic acids is 2. The Hall–Kier alpha value is -1.82. The van der Waals surface area contributed by atoms with E-state index in [1.807, 2.05) is 6.07 Å². The molecule has 0 aromatic heterocycles. The van der Waals surface area contributed by atoms with Gasteiger partial charge in [-0.3, -0.25) is 9.59 Å². The number of benzene rings is 1. The summed E-state index contributed by atoms with van der Waals surface area (Å²) in [4.78, 5) is 26.5. The summed E-state index contributed by atoms with van der Waals surface area (Å²) >= 11 is 1.62. The first-order valence-electron chi connectivity index (χ1n) is 12.8. The van der Waals surface area contributed by atoms with Gasteiger partial charge in [0.2, 0.25) is 15.9 Å². The lowest BCUT2D eigenvalue weighted by Crippen LogP contribution is -2.51. The van der Waals surface area contributed by atoms with Gasteiger partial charge in [-0.25, -0.2) is 8.42 Å². The minimum absolute atomic E-state index is 0.184. The van der Waals surface area contributed by atoms with E-state index in [1.54, 1.807) is 28.8 Å². The van der Waals surface area contributed by atoms with Crippen LogP contribution in [0, 0.1) is 11.8 Å². The lowest BCUT2D eigenvalue weighted by atomic mass is 9.93. The van der Waals surface area contributed by atoms with Gasteiger partial charge in [0.1, 0.15) is 10.9 Å². The molecule has 202 valence electrons. The van der Waals surface area contributed by atoms with Crippen molar-refractivity contribution in [2.24, 2.45) is 17.6 Å². The maximum atomic E-state index is 13.5. The molecule has 2 unspecified atom stereocenters. The Morgan fingerprint density at radius 1 is 1.28 bits per heavy atom. The molecule has 1 fully saturated rings. The van der Waals surface area contributed by atoms with Crippen molar-refractivity contribution in [1.29, 1.82) is 0 Å². The molecule has 9 nitrogen and oxygen atoms in total. The number of nitrogens with one attached hydrogen (secondary N) is 2. The summed E-state index contributed by atoms with van der Waals surface area (Å²) in [6, 6.07) is 4.48. The summed E-state index contributed by atoms with van der Waals surface area (Å²) in [6.07, 6.45) is 3.61. The van der Waals surface area contributed by atoms with Gasteiger partial charge in [-0.15, -0.1) is 0 Å². The van der Waals surface area contributed by atoms with Gasteiger partial charge in [-0.2, -0.15) is 16.5 Å². The topological polar surface area (TPSA) is 131 Å². The molecule has 1 aromatic rings. The molecule has 3 rings (SSSR count). The molecule has 2 aliphatic rings. The van der Waals surface area contributed by atoms with Crippen LogP contribution in [0.4, 0.5) is 5.69 Å². The van der Waals surface area contributed by atoms with Crippen LogP contribution in [0.1, 0.15) is 45.1 Å². The summed E-state index contributed by atoms with van der Waals surface area (Å²) in [5.74, 6) is 1.74. The first-order valence-corrected chi connectivity index (χ1v) is 15.4. The zero-order valence-electron chi connectivity index (χ0n) is 21.3. The third-order valence-corrected chi connectivity index (χ3v) is 9.33. The highest BCUT2D eigenvalue weighted by Crippen LogP contribution is 2.31. The van der Waals surface area contributed by atoms with Crippen LogP contribution in [0.25, 0.3) is 0 Å². The second kappa shape index (κ2) is 13.6. The van der Waals surface area contributed by atoms with Gasteiger partial charge >= 0.3 is 5.97 Å². The summed E-state index contributed by atoms with van der Waals surface area (Å²) in [5.41, 5.74) is 7.22. The highest BCUT2D eigenvalue weighted by Gasteiger charge is 2.33. The SMILES string of the molecule is CC(=O)OCCC1CCN(C(=O)C(CCSCCN)NS(=O)(=O)c2cccc3c2NCC(C)C3)CC1. The number of carbonyl (C=O) groups is 2. The Morgan fingerprint density at radius 3 is 2.72 bits per heavy atom. The number of ether oxygens (including phenoxy) is 1. The Kier molecular flexibility index (Phi) is 10.9. The second-order valence-electron chi connectivity index (χ2n) is 9.74. The number of nitrogens with two attached hydrogens (primary N) is 1. The number of para-hydroxylation sites is 1. The van der Waals surface area contributed by atoms with E-state index in [2.05, 4.69) is 17.0 Å². The zero-order chi connectivity index (χ0) is 26.1. The van der Waals surface area contributed by atoms with E-state index in [1.165, 1.54) is 6.92 Å². The number of hydrogen-bond donors (Lipinski definition) is 3. The molecule has 1 saturated heterocycles. The zero-order valence-corrected chi connectivity index (χ0v) is 23.0. The van der Waals surface area contributed by atoms with E-state index in [4.69, 9.17) is 10.5 Å². The van der Waals surface area contributed by atoms with Crippen LogP contribution >= 0.6 is 11.8 Å². The molecule has 0 radical (unpaired) electrons. The minimum Gasteiger partial charge on any atom is -0.466 e. The van der Waals surface area contributed by atoms with Gasteiger partial charge in [0.25, 0.3) is 0 Å². The number of rotatable bonds is 12. The average molecular weight is 541 g/mol. The standard InChI is InChI=1S/C25H40N4O5S2/c1-18-16-21-4-3-5-23(24(21)27-17-18)36(32,33)28-22(9-14-35-15-10-26)25(31)29-11-6-20(7-12-29)8-13-34-19(2)30/h3-5,18,20,22,27-28H,6-17,26H2,1-2H3. The van der Waals surface area contributed by atoms with E-state index in [0.717, 1.165) is 37.0 Å². The lowest BCUT2D eigenvalue weighted by Gasteiger charge is -2.34. The van der Waals surface area contributed by atoms with Crippen molar-refractivity contribution < 1.29 is 22.7 Å². The van der Waals surface area contributed by atoms with Crippen molar-refractivity contribution in [2.45, 2.75) is 56.9 Å². The molecule has 36 heavy (non-hydrogen) atoms. The summed E-state index contributed by atoms with van der Waals surface area (Å²) in [6.45, 7) is 6.30. The van der Waals surface area contributed by atoms with Gasteiger partial charge in [0.15, 0.2) is 0 Å². The van der Waals surface area contributed by atoms with Gasteiger partial charge in [-0.1, -0.05) is 19.1 Å². The van der Waals surface area contributed by atoms with Crippen LogP contribution in [0.2, 0.25) is 0 Å². The molecular formula is C25H40N4O5S2. The Bertz CT molecular complexity index is 996. The van der Waals surface area contributed by atoms with Crippen molar-refractivity contribution in [3.63, 3.8) is 0 Å². The predicted octanol–water partition coefficient (Wildman–Crippen LogP) is 2.21. The normalized spacial score (nSPS) is 19.3. The Balaban J connectivity index is 1.69. The predicted molar refractivity (Wildman–Crippen MR) is 143 cm³/mol. The first-order chi connectivity index (χ1) is 17.2. The van der Waals surface area contributed by atoms with Crippen LogP contribution in [0.15, 0.2) is 23.1 Å². The number of hydrogen-bond acceptors (Lipinski definition) is 8. The number of nitrogens with zero attached hydrogens (tertiary/aromatic N) is 1. The molecule has 11 heteroatoms. The largest absolute Gasteiger partial charge is 0.466 e. The fourth-order valence-corrected chi connectivity index (χ4v) is 7.02. The summed E-state index contributed by atoms with van der Waals surface area (Å²) < 4.78 is 34.8. The van der Waals surface area contributed by atoms with Crippen LogP contribution in [0.5, 0.6) is 0 Å². The average Bonchev–Trinajstić information content (AvgIpc) is 2.85. The monoisotopic (exact) mass is 540 g/mol. The van der Waals surface area contributed by atoms with Crippen LogP contribution in [0.3, 0.4) is 0 Å².